The van der Waals surface area contributed by atoms with Gasteiger partial charge in [-0.1, -0.05) is 13.3 Å². The highest BCUT2D eigenvalue weighted by Crippen LogP contribution is 2.16. The van der Waals surface area contributed by atoms with E-state index in [0.717, 1.165) is 12.8 Å². The number of rotatable bonds is 7. The summed E-state index contributed by atoms with van der Waals surface area (Å²) >= 11 is 0. The Hall–Kier alpha value is -0.120. The van der Waals surface area contributed by atoms with E-state index >= 15 is 0 Å². The molecule has 12 heavy (non-hydrogen) atoms. The zero-order chi connectivity index (χ0) is 9.40. The van der Waals surface area contributed by atoms with E-state index in [9.17, 15) is 5.11 Å². The van der Waals surface area contributed by atoms with E-state index in [-0.39, 0.29) is 25.2 Å². The van der Waals surface area contributed by atoms with Crippen LogP contribution < -0.4 is 0 Å². The van der Waals surface area contributed by atoms with Gasteiger partial charge in [-0.25, -0.2) is 0 Å². The third-order valence-electron chi connectivity index (χ3n) is 2.13. The van der Waals surface area contributed by atoms with Gasteiger partial charge < -0.3 is 15.3 Å². The maximum Gasteiger partial charge on any atom is 0.0570 e. The molecule has 0 rings (SSSR count). The Morgan fingerprint density at radius 2 is 1.50 bits per heavy atom. The van der Waals surface area contributed by atoms with Gasteiger partial charge in [0.15, 0.2) is 0 Å². The fourth-order valence-corrected chi connectivity index (χ4v) is 1.39. The second kappa shape index (κ2) is 7.53. The molecule has 3 heteroatoms. The van der Waals surface area contributed by atoms with Gasteiger partial charge in [-0.3, -0.25) is 0 Å². The van der Waals surface area contributed by atoms with Gasteiger partial charge in [-0.15, -0.1) is 0 Å². The first-order valence-corrected chi connectivity index (χ1v) is 4.66. The molecule has 0 radical (unpaired) electrons. The van der Waals surface area contributed by atoms with Crippen LogP contribution in [0.1, 0.15) is 32.6 Å². The lowest BCUT2D eigenvalue weighted by atomic mass is 9.93. The Balaban J connectivity index is 3.72. The summed E-state index contributed by atoms with van der Waals surface area (Å²) < 4.78 is 0. The minimum Gasteiger partial charge on any atom is -0.396 e. The molecule has 0 aromatic heterocycles. The van der Waals surface area contributed by atoms with Crippen LogP contribution in [0.15, 0.2) is 0 Å². The van der Waals surface area contributed by atoms with Gasteiger partial charge in [0, 0.05) is 13.2 Å². The summed E-state index contributed by atoms with van der Waals surface area (Å²) in [4.78, 5) is 0. The van der Waals surface area contributed by atoms with Crippen LogP contribution in [-0.4, -0.2) is 34.6 Å². The number of aliphatic hydroxyl groups excluding tert-OH is 3. The Bertz CT molecular complexity index is 89.8. The van der Waals surface area contributed by atoms with E-state index in [2.05, 4.69) is 0 Å². The molecule has 0 fully saturated rings. The summed E-state index contributed by atoms with van der Waals surface area (Å²) in [6.07, 6.45) is 2.50. The maximum atomic E-state index is 9.55. The molecule has 0 amide bonds. The lowest BCUT2D eigenvalue weighted by molar-refractivity contribution is 0.0655. The van der Waals surface area contributed by atoms with Crippen LogP contribution in [0.4, 0.5) is 0 Å². The zero-order valence-corrected chi connectivity index (χ0v) is 7.74. The monoisotopic (exact) mass is 176 g/mol. The van der Waals surface area contributed by atoms with Crippen molar-refractivity contribution in [1.82, 2.24) is 0 Å². The molecule has 0 bridgehead atoms. The van der Waals surface area contributed by atoms with Crippen LogP contribution in [0, 0.1) is 5.92 Å². The average Bonchev–Trinajstić information content (AvgIpc) is 2.04. The molecule has 0 aliphatic heterocycles. The Morgan fingerprint density at radius 3 is 1.83 bits per heavy atom. The van der Waals surface area contributed by atoms with Crippen molar-refractivity contribution in [2.45, 2.75) is 38.7 Å². The summed E-state index contributed by atoms with van der Waals surface area (Å²) in [5.74, 6) is 0.0555. The van der Waals surface area contributed by atoms with Gasteiger partial charge in [-0.2, -0.15) is 0 Å². The molecule has 1 atom stereocenters. The summed E-state index contributed by atoms with van der Waals surface area (Å²) in [7, 11) is 0. The van der Waals surface area contributed by atoms with Crippen molar-refractivity contribution in [3.63, 3.8) is 0 Å². The van der Waals surface area contributed by atoms with Crippen LogP contribution in [0.2, 0.25) is 0 Å². The van der Waals surface area contributed by atoms with Gasteiger partial charge in [0.05, 0.1) is 6.10 Å². The second-order valence-electron chi connectivity index (χ2n) is 3.14. The van der Waals surface area contributed by atoms with Crippen molar-refractivity contribution >= 4 is 0 Å². The van der Waals surface area contributed by atoms with Crippen LogP contribution >= 0.6 is 0 Å². The molecule has 3 N–H and O–H groups in total. The smallest absolute Gasteiger partial charge is 0.0570 e. The molecule has 0 aliphatic rings. The molecule has 0 aromatic carbocycles. The van der Waals surface area contributed by atoms with E-state index < -0.39 is 0 Å². The van der Waals surface area contributed by atoms with Crippen LogP contribution in [0.3, 0.4) is 0 Å². The minimum atomic E-state index is -0.366. The number of hydrogen-bond donors (Lipinski definition) is 3. The maximum absolute atomic E-state index is 9.55. The van der Waals surface area contributed by atoms with E-state index in [1.807, 2.05) is 6.92 Å². The third kappa shape index (κ3) is 4.70. The highest BCUT2D eigenvalue weighted by atomic mass is 16.3. The van der Waals surface area contributed by atoms with E-state index in [1.165, 1.54) is 0 Å². The number of hydrogen-bond acceptors (Lipinski definition) is 3. The highest BCUT2D eigenvalue weighted by molar-refractivity contribution is 4.67. The molecule has 0 heterocycles. The summed E-state index contributed by atoms with van der Waals surface area (Å²) in [5, 5.41) is 26.9. The largest absolute Gasteiger partial charge is 0.396 e. The molecular weight excluding hydrogens is 156 g/mol. The lowest BCUT2D eigenvalue weighted by Gasteiger charge is -2.20. The Morgan fingerprint density at radius 1 is 1.00 bits per heavy atom. The summed E-state index contributed by atoms with van der Waals surface area (Å²) in [6, 6.07) is 0. The SMILES string of the molecule is CCCC(O)C(CCO)CCO. The van der Waals surface area contributed by atoms with Crippen molar-refractivity contribution < 1.29 is 15.3 Å². The minimum absolute atomic E-state index is 0.0555. The van der Waals surface area contributed by atoms with Crippen LogP contribution in [-0.2, 0) is 0 Å². The molecule has 0 saturated carbocycles. The standard InChI is InChI=1S/C9H20O3/c1-2-3-9(12)8(4-6-10)5-7-11/h8-12H,2-7H2,1H3. The van der Waals surface area contributed by atoms with Gasteiger partial charge in [0.2, 0.25) is 0 Å². The van der Waals surface area contributed by atoms with E-state index in [1.54, 1.807) is 0 Å². The topological polar surface area (TPSA) is 60.7 Å². The Kier molecular flexibility index (Phi) is 7.45. The first-order valence-electron chi connectivity index (χ1n) is 4.66. The first kappa shape index (κ1) is 11.9. The predicted molar refractivity (Wildman–Crippen MR) is 47.8 cm³/mol. The van der Waals surface area contributed by atoms with Gasteiger partial charge in [0.25, 0.3) is 0 Å². The fraction of sp³-hybridized carbons (Fsp3) is 1.00. The molecule has 0 aliphatic carbocycles. The van der Waals surface area contributed by atoms with Crippen molar-refractivity contribution in [1.29, 1.82) is 0 Å². The number of aliphatic hydroxyl groups is 3. The third-order valence-corrected chi connectivity index (χ3v) is 2.13. The van der Waals surface area contributed by atoms with Gasteiger partial charge >= 0.3 is 0 Å². The second-order valence-corrected chi connectivity index (χ2v) is 3.14. The van der Waals surface area contributed by atoms with Crippen molar-refractivity contribution in [2.24, 2.45) is 5.92 Å². The molecule has 74 valence electrons. The van der Waals surface area contributed by atoms with Crippen LogP contribution in [0.25, 0.3) is 0 Å². The Labute approximate surface area is 74.0 Å². The van der Waals surface area contributed by atoms with E-state index in [0.29, 0.717) is 12.8 Å². The fourth-order valence-electron chi connectivity index (χ4n) is 1.39. The molecule has 3 nitrogen and oxygen atoms in total. The predicted octanol–water partition coefficient (Wildman–Crippen LogP) is 0.528. The quantitative estimate of drug-likeness (QED) is 0.530. The van der Waals surface area contributed by atoms with Crippen LogP contribution in [0.5, 0.6) is 0 Å². The summed E-state index contributed by atoms with van der Waals surface area (Å²) in [6.45, 7) is 2.19. The molecule has 0 spiro atoms. The van der Waals surface area contributed by atoms with Gasteiger partial charge in [-0.05, 0) is 25.2 Å². The van der Waals surface area contributed by atoms with Crippen molar-refractivity contribution in [3.05, 3.63) is 0 Å². The highest BCUT2D eigenvalue weighted by Gasteiger charge is 2.16. The van der Waals surface area contributed by atoms with Crippen molar-refractivity contribution in [2.75, 3.05) is 13.2 Å². The first-order chi connectivity index (χ1) is 5.76. The normalized spacial score (nSPS) is 13.8. The lowest BCUT2D eigenvalue weighted by Crippen LogP contribution is -2.22. The average molecular weight is 176 g/mol. The summed E-state index contributed by atoms with van der Waals surface area (Å²) in [5.41, 5.74) is 0. The molecular formula is C9H20O3. The zero-order valence-electron chi connectivity index (χ0n) is 7.74. The van der Waals surface area contributed by atoms with E-state index in [4.69, 9.17) is 10.2 Å². The molecule has 0 aromatic rings. The molecule has 1 unspecified atom stereocenters. The molecule has 0 saturated heterocycles. The van der Waals surface area contributed by atoms with Crippen molar-refractivity contribution in [3.8, 4) is 0 Å². The van der Waals surface area contributed by atoms with Gasteiger partial charge in [0.1, 0.15) is 0 Å².